The molecule has 1 aromatic heterocycles. The van der Waals surface area contributed by atoms with Crippen LogP contribution in [0.15, 0.2) is 0 Å². The van der Waals surface area contributed by atoms with Crippen LogP contribution in [0.5, 0.6) is 0 Å². The molecule has 0 bridgehead atoms. The Morgan fingerprint density at radius 3 is 2.53 bits per heavy atom. The number of hydrogen-bond donors (Lipinski definition) is 2. The summed E-state index contributed by atoms with van der Waals surface area (Å²) in [7, 11) is 1.69. The minimum absolute atomic E-state index is 0.334. The summed E-state index contributed by atoms with van der Waals surface area (Å²) in [5.74, 6) is -3.64. The molecule has 5 nitrogen and oxygen atoms in total. The predicted molar refractivity (Wildman–Crippen MR) is 59.0 cm³/mol. The average Bonchev–Trinajstić information content (AvgIpc) is 2.50. The fourth-order valence-electron chi connectivity index (χ4n) is 1.47. The van der Waals surface area contributed by atoms with Gasteiger partial charge >= 0.3 is 0 Å². The van der Waals surface area contributed by atoms with Gasteiger partial charge in [-0.2, -0.15) is 5.10 Å². The van der Waals surface area contributed by atoms with E-state index in [1.807, 2.05) is 0 Å². The highest BCUT2D eigenvalue weighted by molar-refractivity contribution is 5.96. The van der Waals surface area contributed by atoms with Gasteiger partial charge in [-0.15, -0.1) is 0 Å². The van der Waals surface area contributed by atoms with Gasteiger partial charge in [-0.1, -0.05) is 0 Å². The van der Waals surface area contributed by atoms with Gasteiger partial charge < -0.3 is 11.1 Å². The van der Waals surface area contributed by atoms with Crippen LogP contribution in [-0.2, 0) is 7.05 Å². The van der Waals surface area contributed by atoms with Crippen LogP contribution in [0.4, 0.5) is 8.78 Å². The number of halogens is 2. The molecule has 0 saturated carbocycles. The van der Waals surface area contributed by atoms with E-state index in [0.29, 0.717) is 17.0 Å². The SMILES string of the molecule is Cc1nn(C)c(C)c1C(=O)NCC(F)(F)CN. The van der Waals surface area contributed by atoms with Crippen LogP contribution < -0.4 is 11.1 Å². The summed E-state index contributed by atoms with van der Waals surface area (Å²) in [6.45, 7) is 1.80. The molecule has 0 aliphatic heterocycles. The molecule has 0 fully saturated rings. The first kappa shape index (κ1) is 13.6. The third-order valence-electron chi connectivity index (χ3n) is 2.54. The van der Waals surface area contributed by atoms with Crippen molar-refractivity contribution >= 4 is 5.91 Å². The molecule has 3 N–H and O–H groups in total. The molecule has 0 aliphatic carbocycles. The van der Waals surface area contributed by atoms with Gasteiger partial charge in [0.1, 0.15) is 0 Å². The van der Waals surface area contributed by atoms with E-state index in [9.17, 15) is 13.6 Å². The number of amides is 1. The number of nitrogens with one attached hydrogen (secondary N) is 1. The van der Waals surface area contributed by atoms with Gasteiger partial charge in [0, 0.05) is 12.7 Å². The van der Waals surface area contributed by atoms with E-state index in [-0.39, 0.29) is 0 Å². The summed E-state index contributed by atoms with van der Waals surface area (Å²) in [5, 5.41) is 6.20. The maximum atomic E-state index is 12.9. The number of carbonyl (C=O) groups is 1. The van der Waals surface area contributed by atoms with E-state index in [2.05, 4.69) is 10.4 Å². The molecule has 0 unspecified atom stereocenters. The number of rotatable bonds is 4. The summed E-state index contributed by atoms with van der Waals surface area (Å²) in [6, 6.07) is 0. The quantitative estimate of drug-likeness (QED) is 0.805. The number of aromatic nitrogens is 2. The second kappa shape index (κ2) is 4.79. The largest absolute Gasteiger partial charge is 0.346 e. The maximum absolute atomic E-state index is 12.9. The molecule has 96 valence electrons. The molecule has 1 aromatic rings. The van der Waals surface area contributed by atoms with Crippen molar-refractivity contribution in [2.75, 3.05) is 13.1 Å². The van der Waals surface area contributed by atoms with E-state index >= 15 is 0 Å². The van der Waals surface area contributed by atoms with Crippen molar-refractivity contribution in [1.82, 2.24) is 15.1 Å². The first-order chi connectivity index (χ1) is 7.78. The second-order valence-corrected chi connectivity index (χ2v) is 3.91. The molecule has 0 aliphatic rings. The first-order valence-electron chi connectivity index (χ1n) is 5.15. The third kappa shape index (κ3) is 3.00. The van der Waals surface area contributed by atoms with Gasteiger partial charge in [-0.3, -0.25) is 9.48 Å². The molecule has 7 heteroatoms. The van der Waals surface area contributed by atoms with Crippen molar-refractivity contribution < 1.29 is 13.6 Å². The Bertz CT molecular complexity index is 428. The lowest BCUT2D eigenvalue weighted by Crippen LogP contribution is -2.41. The van der Waals surface area contributed by atoms with E-state index in [0.717, 1.165) is 0 Å². The zero-order valence-corrected chi connectivity index (χ0v) is 10.1. The Kier molecular flexibility index (Phi) is 3.82. The Balaban J connectivity index is 2.78. The summed E-state index contributed by atoms with van der Waals surface area (Å²) in [5.41, 5.74) is 6.36. The Hall–Kier alpha value is -1.50. The van der Waals surface area contributed by atoms with Crippen molar-refractivity contribution in [3.8, 4) is 0 Å². The lowest BCUT2D eigenvalue weighted by molar-refractivity contribution is 0.0118. The first-order valence-corrected chi connectivity index (χ1v) is 5.15. The van der Waals surface area contributed by atoms with Gasteiger partial charge in [0.15, 0.2) is 0 Å². The fourth-order valence-corrected chi connectivity index (χ4v) is 1.47. The monoisotopic (exact) mass is 246 g/mol. The molecule has 0 saturated heterocycles. The van der Waals surface area contributed by atoms with Gasteiger partial charge in [0.05, 0.1) is 24.3 Å². The predicted octanol–water partition coefficient (Wildman–Crippen LogP) is 0.361. The topological polar surface area (TPSA) is 72.9 Å². The minimum atomic E-state index is -3.08. The highest BCUT2D eigenvalue weighted by Gasteiger charge is 2.28. The highest BCUT2D eigenvalue weighted by Crippen LogP contribution is 2.13. The van der Waals surface area contributed by atoms with Crippen LogP contribution in [0, 0.1) is 13.8 Å². The average molecular weight is 246 g/mol. The number of carbonyl (C=O) groups excluding carboxylic acids is 1. The van der Waals surface area contributed by atoms with E-state index in [4.69, 9.17) is 5.73 Å². The Morgan fingerprint density at radius 1 is 1.53 bits per heavy atom. The summed E-state index contributed by atoms with van der Waals surface area (Å²) < 4.78 is 27.3. The lowest BCUT2D eigenvalue weighted by Gasteiger charge is -2.14. The van der Waals surface area contributed by atoms with Crippen LogP contribution in [0.2, 0.25) is 0 Å². The Morgan fingerprint density at radius 2 is 2.12 bits per heavy atom. The van der Waals surface area contributed by atoms with Crippen molar-refractivity contribution in [2.24, 2.45) is 12.8 Å². The Labute approximate surface area is 98.0 Å². The zero-order chi connectivity index (χ0) is 13.2. The number of alkyl halides is 2. The van der Waals surface area contributed by atoms with Gasteiger partial charge in [-0.05, 0) is 13.8 Å². The van der Waals surface area contributed by atoms with Crippen molar-refractivity contribution in [3.05, 3.63) is 17.0 Å². The summed E-state index contributed by atoms with van der Waals surface area (Å²) in [4.78, 5) is 11.7. The smallest absolute Gasteiger partial charge is 0.277 e. The molecule has 0 aromatic carbocycles. The van der Waals surface area contributed by atoms with Crippen LogP contribution in [0.3, 0.4) is 0 Å². The maximum Gasteiger partial charge on any atom is 0.277 e. The third-order valence-corrected chi connectivity index (χ3v) is 2.54. The molecule has 0 radical (unpaired) electrons. The molecule has 0 spiro atoms. The van der Waals surface area contributed by atoms with Crippen molar-refractivity contribution in [2.45, 2.75) is 19.8 Å². The van der Waals surface area contributed by atoms with Crippen LogP contribution >= 0.6 is 0 Å². The van der Waals surface area contributed by atoms with E-state index < -0.39 is 24.9 Å². The number of nitrogens with two attached hydrogens (primary N) is 1. The standard InChI is InChI=1S/C10H16F2N4O/c1-6-8(7(2)16(3)15-6)9(17)14-5-10(11,12)4-13/h4-5,13H2,1-3H3,(H,14,17). The molecule has 0 atom stereocenters. The molecule has 1 heterocycles. The number of aryl methyl sites for hydroxylation is 2. The number of hydrogen-bond acceptors (Lipinski definition) is 3. The van der Waals surface area contributed by atoms with E-state index in [1.54, 1.807) is 20.9 Å². The minimum Gasteiger partial charge on any atom is -0.346 e. The molecule has 1 rings (SSSR count). The molecule has 17 heavy (non-hydrogen) atoms. The molecular weight excluding hydrogens is 230 g/mol. The van der Waals surface area contributed by atoms with Gasteiger partial charge in [0.25, 0.3) is 11.8 Å². The molecule has 1 amide bonds. The van der Waals surface area contributed by atoms with Crippen LogP contribution in [0.25, 0.3) is 0 Å². The summed E-state index contributed by atoms with van der Waals surface area (Å²) in [6.07, 6.45) is 0. The van der Waals surface area contributed by atoms with Crippen molar-refractivity contribution in [3.63, 3.8) is 0 Å². The highest BCUT2D eigenvalue weighted by atomic mass is 19.3. The van der Waals surface area contributed by atoms with Gasteiger partial charge in [-0.25, -0.2) is 8.78 Å². The molecular formula is C10H16F2N4O. The van der Waals surface area contributed by atoms with Crippen LogP contribution in [-0.4, -0.2) is 34.7 Å². The van der Waals surface area contributed by atoms with Gasteiger partial charge in [0.2, 0.25) is 0 Å². The van der Waals surface area contributed by atoms with Crippen LogP contribution in [0.1, 0.15) is 21.7 Å². The summed E-state index contributed by atoms with van der Waals surface area (Å²) >= 11 is 0. The number of nitrogens with zero attached hydrogens (tertiary/aromatic N) is 2. The second-order valence-electron chi connectivity index (χ2n) is 3.91. The van der Waals surface area contributed by atoms with E-state index in [1.165, 1.54) is 4.68 Å². The zero-order valence-electron chi connectivity index (χ0n) is 10.1. The van der Waals surface area contributed by atoms with Crippen molar-refractivity contribution in [1.29, 1.82) is 0 Å². The lowest BCUT2D eigenvalue weighted by atomic mass is 10.2. The fraction of sp³-hybridized carbons (Fsp3) is 0.600. The normalized spacial score (nSPS) is 11.6.